The van der Waals surface area contributed by atoms with E-state index in [1.54, 1.807) is 0 Å². The lowest BCUT2D eigenvalue weighted by molar-refractivity contribution is -0.143. The number of carboxylic acid groups (broad SMARTS) is 1. The third kappa shape index (κ3) is 3.98. The second kappa shape index (κ2) is 6.55. The Morgan fingerprint density at radius 3 is 2.39 bits per heavy atom. The molecule has 0 spiro atoms. The van der Waals surface area contributed by atoms with Gasteiger partial charge in [0.05, 0.1) is 6.61 Å². The Labute approximate surface area is 110 Å². The zero-order chi connectivity index (χ0) is 12.8. The lowest BCUT2D eigenvalue weighted by Gasteiger charge is -2.21. The van der Waals surface area contributed by atoms with Crippen molar-refractivity contribution in [3.63, 3.8) is 0 Å². The molecule has 0 aromatic carbocycles. The van der Waals surface area contributed by atoms with Gasteiger partial charge in [0, 0.05) is 0 Å². The molecular weight excluding hydrogens is 228 g/mol. The summed E-state index contributed by atoms with van der Waals surface area (Å²) in [6.45, 7) is 0.421. The van der Waals surface area contributed by atoms with Crippen molar-refractivity contribution in [2.24, 2.45) is 5.92 Å². The molecule has 1 saturated carbocycles. The number of unbranched alkanes of at least 4 members (excludes halogenated alkanes) is 3. The standard InChI is InChI=1S/C15H26O3/c16-14(17)15(12-18-15)11-7-2-1-4-8-13-9-5-3-6-10-13/h13H,1-12H2,(H,16,17). The van der Waals surface area contributed by atoms with Crippen molar-refractivity contribution in [1.82, 2.24) is 0 Å². The molecule has 0 aromatic rings. The molecule has 1 aliphatic heterocycles. The second-order valence-corrected chi connectivity index (χ2v) is 6.05. The fraction of sp³-hybridized carbons (Fsp3) is 0.933. The van der Waals surface area contributed by atoms with Gasteiger partial charge in [-0.15, -0.1) is 0 Å². The van der Waals surface area contributed by atoms with Crippen molar-refractivity contribution in [2.45, 2.75) is 76.2 Å². The topological polar surface area (TPSA) is 49.8 Å². The normalized spacial score (nSPS) is 28.2. The Morgan fingerprint density at radius 2 is 1.78 bits per heavy atom. The maximum atomic E-state index is 10.9. The highest BCUT2D eigenvalue weighted by Crippen LogP contribution is 2.33. The minimum Gasteiger partial charge on any atom is -0.479 e. The van der Waals surface area contributed by atoms with Gasteiger partial charge in [-0.1, -0.05) is 57.8 Å². The summed E-state index contributed by atoms with van der Waals surface area (Å²) >= 11 is 0. The Morgan fingerprint density at radius 1 is 1.11 bits per heavy atom. The van der Waals surface area contributed by atoms with E-state index in [1.807, 2.05) is 0 Å². The molecule has 0 amide bonds. The number of carboxylic acids is 1. The zero-order valence-corrected chi connectivity index (χ0v) is 11.3. The highest BCUT2D eigenvalue weighted by molar-refractivity contribution is 5.80. The van der Waals surface area contributed by atoms with Crippen molar-refractivity contribution in [1.29, 1.82) is 0 Å². The summed E-state index contributed by atoms with van der Waals surface area (Å²) in [5.41, 5.74) is -0.788. The Balaban J connectivity index is 1.45. The van der Waals surface area contributed by atoms with Gasteiger partial charge in [-0.05, 0) is 18.8 Å². The summed E-state index contributed by atoms with van der Waals surface area (Å²) in [5, 5.41) is 8.95. The molecule has 1 saturated heterocycles. The first kappa shape index (κ1) is 13.9. The van der Waals surface area contributed by atoms with Gasteiger partial charge in [0.15, 0.2) is 5.60 Å². The van der Waals surface area contributed by atoms with Crippen LogP contribution in [-0.4, -0.2) is 23.3 Å². The van der Waals surface area contributed by atoms with E-state index in [-0.39, 0.29) is 0 Å². The van der Waals surface area contributed by atoms with Crippen molar-refractivity contribution in [3.8, 4) is 0 Å². The Hall–Kier alpha value is -0.570. The molecule has 0 radical (unpaired) electrons. The number of hydrogen-bond donors (Lipinski definition) is 1. The quantitative estimate of drug-likeness (QED) is 0.530. The lowest BCUT2D eigenvalue weighted by Crippen LogP contribution is -2.23. The number of carbonyl (C=O) groups is 1. The molecule has 1 N–H and O–H groups in total. The SMILES string of the molecule is O=C(O)C1(CCCCCCC2CCCCC2)CO1. The monoisotopic (exact) mass is 254 g/mol. The highest BCUT2D eigenvalue weighted by atomic mass is 16.6. The highest BCUT2D eigenvalue weighted by Gasteiger charge is 2.51. The first-order chi connectivity index (χ1) is 8.73. The van der Waals surface area contributed by atoms with E-state index in [0.717, 1.165) is 18.8 Å². The number of ether oxygens (including phenoxy) is 1. The number of hydrogen-bond acceptors (Lipinski definition) is 2. The van der Waals surface area contributed by atoms with E-state index in [1.165, 1.54) is 51.4 Å². The second-order valence-electron chi connectivity index (χ2n) is 6.05. The van der Waals surface area contributed by atoms with Crippen molar-refractivity contribution in [2.75, 3.05) is 6.61 Å². The van der Waals surface area contributed by atoms with Crippen molar-refractivity contribution in [3.05, 3.63) is 0 Å². The van der Waals surface area contributed by atoms with Crippen molar-refractivity contribution < 1.29 is 14.6 Å². The molecule has 2 rings (SSSR count). The molecule has 2 fully saturated rings. The predicted molar refractivity (Wildman–Crippen MR) is 70.6 cm³/mol. The van der Waals surface area contributed by atoms with Crippen LogP contribution in [0.3, 0.4) is 0 Å². The van der Waals surface area contributed by atoms with E-state index < -0.39 is 11.6 Å². The van der Waals surface area contributed by atoms with Crippen LogP contribution in [-0.2, 0) is 9.53 Å². The molecule has 1 unspecified atom stereocenters. The summed E-state index contributed by atoms with van der Waals surface area (Å²) < 4.78 is 5.06. The lowest BCUT2D eigenvalue weighted by atomic mass is 9.85. The number of epoxide rings is 1. The van der Waals surface area contributed by atoms with Crippen LogP contribution in [0.25, 0.3) is 0 Å². The zero-order valence-electron chi connectivity index (χ0n) is 11.3. The minimum absolute atomic E-state index is 0.421. The fourth-order valence-corrected chi connectivity index (χ4v) is 3.13. The van der Waals surface area contributed by atoms with Crippen LogP contribution < -0.4 is 0 Å². The number of aliphatic carboxylic acids is 1. The molecule has 3 heteroatoms. The predicted octanol–water partition coefficient (Wildman–Crippen LogP) is 3.76. The average Bonchev–Trinajstić information content (AvgIpc) is 3.16. The molecule has 0 bridgehead atoms. The van der Waals surface area contributed by atoms with Crippen molar-refractivity contribution >= 4 is 5.97 Å². The van der Waals surface area contributed by atoms with E-state index in [0.29, 0.717) is 13.0 Å². The van der Waals surface area contributed by atoms with Gasteiger partial charge >= 0.3 is 5.97 Å². The smallest absolute Gasteiger partial charge is 0.338 e. The maximum Gasteiger partial charge on any atom is 0.338 e. The summed E-state index contributed by atoms with van der Waals surface area (Å²) in [7, 11) is 0. The summed E-state index contributed by atoms with van der Waals surface area (Å²) in [6, 6.07) is 0. The van der Waals surface area contributed by atoms with Gasteiger partial charge < -0.3 is 9.84 Å². The fourth-order valence-electron chi connectivity index (χ4n) is 3.13. The summed E-state index contributed by atoms with van der Waals surface area (Å²) in [4.78, 5) is 10.9. The molecule has 104 valence electrons. The van der Waals surface area contributed by atoms with Gasteiger partial charge in [0.25, 0.3) is 0 Å². The minimum atomic E-state index is -0.788. The van der Waals surface area contributed by atoms with E-state index >= 15 is 0 Å². The van der Waals surface area contributed by atoms with Crippen LogP contribution in [0.5, 0.6) is 0 Å². The largest absolute Gasteiger partial charge is 0.479 e. The van der Waals surface area contributed by atoms with E-state index in [9.17, 15) is 4.79 Å². The molecule has 3 nitrogen and oxygen atoms in total. The van der Waals surface area contributed by atoms with E-state index in [2.05, 4.69) is 0 Å². The molecule has 18 heavy (non-hydrogen) atoms. The molecule has 2 aliphatic rings. The average molecular weight is 254 g/mol. The van der Waals surface area contributed by atoms with Crippen LogP contribution in [0, 0.1) is 5.92 Å². The van der Waals surface area contributed by atoms with Gasteiger partial charge in [-0.25, -0.2) is 4.79 Å². The summed E-state index contributed by atoms with van der Waals surface area (Å²) in [6.07, 6.45) is 14.0. The third-order valence-corrected chi connectivity index (χ3v) is 4.55. The Bertz CT molecular complexity index is 265. The molecule has 1 aliphatic carbocycles. The third-order valence-electron chi connectivity index (χ3n) is 4.55. The first-order valence-corrected chi connectivity index (χ1v) is 7.60. The van der Waals surface area contributed by atoms with Crippen LogP contribution in [0.15, 0.2) is 0 Å². The van der Waals surface area contributed by atoms with Gasteiger partial charge in [-0.2, -0.15) is 0 Å². The molecule has 1 atom stereocenters. The van der Waals surface area contributed by atoms with Gasteiger partial charge in [0.2, 0.25) is 0 Å². The van der Waals surface area contributed by atoms with Gasteiger partial charge in [-0.3, -0.25) is 0 Å². The molecule has 0 aromatic heterocycles. The number of rotatable bonds is 8. The summed E-state index contributed by atoms with van der Waals surface area (Å²) in [5.74, 6) is 0.209. The molecular formula is C15H26O3. The maximum absolute atomic E-state index is 10.9. The van der Waals surface area contributed by atoms with Crippen LogP contribution >= 0.6 is 0 Å². The van der Waals surface area contributed by atoms with Crippen LogP contribution in [0.2, 0.25) is 0 Å². The first-order valence-electron chi connectivity index (χ1n) is 7.60. The van der Waals surface area contributed by atoms with Crippen LogP contribution in [0.4, 0.5) is 0 Å². The Kier molecular flexibility index (Phi) is 5.04. The van der Waals surface area contributed by atoms with Crippen LogP contribution in [0.1, 0.15) is 70.6 Å². The van der Waals surface area contributed by atoms with E-state index in [4.69, 9.17) is 9.84 Å². The van der Waals surface area contributed by atoms with Gasteiger partial charge in [0.1, 0.15) is 0 Å². The molecule has 1 heterocycles.